The Morgan fingerprint density at radius 2 is 2.17 bits per heavy atom. The molecule has 0 aliphatic carbocycles. The van der Waals surface area contributed by atoms with Gasteiger partial charge in [0.1, 0.15) is 5.82 Å². The van der Waals surface area contributed by atoms with Crippen LogP contribution in [0, 0.1) is 5.82 Å². The summed E-state index contributed by atoms with van der Waals surface area (Å²) >= 11 is 11.1. The molecule has 0 bridgehead atoms. The Kier molecular flexibility index (Phi) is 3.57. The molecule has 0 heterocycles. The third-order valence-electron chi connectivity index (χ3n) is 1.34. The fraction of sp³-hybridized carbons (Fsp3) is 0.111. The average molecular weight is 205 g/mol. The Morgan fingerprint density at radius 1 is 1.42 bits per heavy atom. The molecule has 1 rings (SSSR count). The lowest BCUT2D eigenvalue weighted by molar-refractivity contribution is 0.625. The summed E-state index contributed by atoms with van der Waals surface area (Å²) in [7, 11) is 0. The summed E-state index contributed by atoms with van der Waals surface area (Å²) < 4.78 is 12.9. The molecule has 0 unspecified atom stereocenters. The van der Waals surface area contributed by atoms with Crippen molar-refractivity contribution in [2.24, 2.45) is 0 Å². The Hall–Kier alpha value is -0.530. The normalized spacial score (nSPS) is 10.9. The zero-order chi connectivity index (χ0) is 8.97. The fourth-order valence-electron chi connectivity index (χ4n) is 0.814. The Balaban J connectivity index is 2.97. The monoisotopic (exact) mass is 204 g/mol. The van der Waals surface area contributed by atoms with E-state index in [1.54, 1.807) is 18.2 Å². The quantitative estimate of drug-likeness (QED) is 0.645. The van der Waals surface area contributed by atoms with Crippen molar-refractivity contribution < 1.29 is 4.39 Å². The number of benzene rings is 1. The van der Waals surface area contributed by atoms with Crippen molar-refractivity contribution in [3.8, 4) is 0 Å². The first-order valence-corrected chi connectivity index (χ1v) is 4.33. The van der Waals surface area contributed by atoms with Gasteiger partial charge in [0, 0.05) is 16.5 Å². The van der Waals surface area contributed by atoms with Crippen molar-refractivity contribution in [2.45, 2.75) is 0 Å². The molecule has 0 aliphatic rings. The second kappa shape index (κ2) is 4.48. The topological polar surface area (TPSA) is 0 Å². The highest BCUT2D eigenvalue weighted by Gasteiger charge is 1.97. The second-order valence-corrected chi connectivity index (χ2v) is 2.97. The summed E-state index contributed by atoms with van der Waals surface area (Å²) in [5.74, 6) is 0.0761. The zero-order valence-electron chi connectivity index (χ0n) is 6.23. The third-order valence-corrected chi connectivity index (χ3v) is 1.76. The molecule has 0 nitrogen and oxygen atoms in total. The number of rotatable bonds is 2. The van der Waals surface area contributed by atoms with Crippen LogP contribution >= 0.6 is 23.2 Å². The van der Waals surface area contributed by atoms with Gasteiger partial charge < -0.3 is 0 Å². The van der Waals surface area contributed by atoms with E-state index in [4.69, 9.17) is 23.2 Å². The van der Waals surface area contributed by atoms with Gasteiger partial charge in [-0.1, -0.05) is 23.8 Å². The maximum Gasteiger partial charge on any atom is 0.130 e. The van der Waals surface area contributed by atoms with Gasteiger partial charge in [-0.05, 0) is 18.2 Å². The van der Waals surface area contributed by atoms with E-state index in [9.17, 15) is 4.39 Å². The van der Waals surface area contributed by atoms with Gasteiger partial charge in [0.2, 0.25) is 0 Å². The highest BCUT2D eigenvalue weighted by molar-refractivity contribution is 6.30. The minimum atomic E-state index is -0.291. The van der Waals surface area contributed by atoms with Crippen LogP contribution in [0.15, 0.2) is 24.3 Å². The van der Waals surface area contributed by atoms with Gasteiger partial charge >= 0.3 is 0 Å². The lowest BCUT2D eigenvalue weighted by Crippen LogP contribution is -1.80. The van der Waals surface area contributed by atoms with Gasteiger partial charge in [0.25, 0.3) is 0 Å². The maximum atomic E-state index is 12.9. The van der Waals surface area contributed by atoms with Crippen molar-refractivity contribution in [2.75, 3.05) is 5.88 Å². The molecular formula is C9H7Cl2F. The molecule has 0 spiro atoms. The molecule has 0 N–H and O–H groups in total. The van der Waals surface area contributed by atoms with E-state index < -0.39 is 0 Å². The Bertz CT molecular complexity index is 295. The molecule has 12 heavy (non-hydrogen) atoms. The van der Waals surface area contributed by atoms with Crippen LogP contribution in [0.4, 0.5) is 4.39 Å². The Morgan fingerprint density at radius 3 is 2.83 bits per heavy atom. The Labute approximate surface area is 80.6 Å². The van der Waals surface area contributed by atoms with Gasteiger partial charge in [-0.3, -0.25) is 0 Å². The molecule has 0 amide bonds. The van der Waals surface area contributed by atoms with Gasteiger partial charge in [0.15, 0.2) is 0 Å². The molecule has 1 aromatic carbocycles. The number of hydrogen-bond donors (Lipinski definition) is 0. The lowest BCUT2D eigenvalue weighted by Gasteiger charge is -1.96. The van der Waals surface area contributed by atoms with E-state index >= 15 is 0 Å². The van der Waals surface area contributed by atoms with Crippen molar-refractivity contribution in [3.05, 3.63) is 40.7 Å². The largest absolute Gasteiger partial charge is 0.206 e. The highest BCUT2D eigenvalue weighted by atomic mass is 35.5. The van der Waals surface area contributed by atoms with Crippen LogP contribution in [0.25, 0.3) is 6.08 Å². The predicted octanol–water partition coefficient (Wildman–Crippen LogP) is 3.73. The van der Waals surface area contributed by atoms with E-state index in [-0.39, 0.29) is 5.82 Å². The highest BCUT2D eigenvalue weighted by Crippen LogP contribution is 2.15. The van der Waals surface area contributed by atoms with Gasteiger partial charge in [-0.15, -0.1) is 11.6 Å². The minimum Gasteiger partial charge on any atom is -0.206 e. The van der Waals surface area contributed by atoms with E-state index in [0.29, 0.717) is 16.5 Å². The first-order chi connectivity index (χ1) is 5.74. The van der Waals surface area contributed by atoms with Crippen molar-refractivity contribution in [1.29, 1.82) is 0 Å². The minimum absolute atomic E-state index is 0.291. The predicted molar refractivity (Wildman–Crippen MR) is 51.2 cm³/mol. The second-order valence-electron chi connectivity index (χ2n) is 2.22. The smallest absolute Gasteiger partial charge is 0.130 e. The van der Waals surface area contributed by atoms with E-state index in [1.165, 1.54) is 12.1 Å². The third kappa shape index (κ3) is 2.50. The van der Waals surface area contributed by atoms with Crippen LogP contribution in [0.1, 0.15) is 5.56 Å². The average Bonchev–Trinajstić information content (AvgIpc) is 2.07. The van der Waals surface area contributed by atoms with Crippen LogP contribution in [-0.4, -0.2) is 5.88 Å². The zero-order valence-corrected chi connectivity index (χ0v) is 7.74. The molecule has 64 valence electrons. The maximum absolute atomic E-state index is 12.9. The van der Waals surface area contributed by atoms with Crippen LogP contribution in [0.3, 0.4) is 0 Å². The van der Waals surface area contributed by atoms with Crippen molar-refractivity contribution in [3.63, 3.8) is 0 Å². The summed E-state index contributed by atoms with van der Waals surface area (Å²) in [6.45, 7) is 0. The number of allylic oxidation sites excluding steroid dienone is 1. The van der Waals surface area contributed by atoms with Crippen molar-refractivity contribution in [1.82, 2.24) is 0 Å². The van der Waals surface area contributed by atoms with Gasteiger partial charge in [-0.2, -0.15) is 0 Å². The summed E-state index contributed by atoms with van der Waals surface area (Å²) in [6, 6.07) is 4.39. The van der Waals surface area contributed by atoms with Crippen LogP contribution < -0.4 is 0 Å². The molecule has 0 aliphatic heterocycles. The van der Waals surface area contributed by atoms with Crippen LogP contribution in [-0.2, 0) is 0 Å². The first kappa shape index (κ1) is 9.56. The van der Waals surface area contributed by atoms with E-state index in [2.05, 4.69) is 0 Å². The van der Waals surface area contributed by atoms with Crippen LogP contribution in [0.5, 0.6) is 0 Å². The first-order valence-electron chi connectivity index (χ1n) is 3.41. The molecule has 0 atom stereocenters. The number of hydrogen-bond acceptors (Lipinski definition) is 0. The summed E-state index contributed by atoms with van der Waals surface area (Å²) in [5, 5.41) is 0.519. The molecule has 0 radical (unpaired) electrons. The molecule has 1 aromatic rings. The van der Waals surface area contributed by atoms with E-state index in [0.717, 1.165) is 0 Å². The van der Waals surface area contributed by atoms with Gasteiger partial charge in [-0.25, -0.2) is 4.39 Å². The lowest BCUT2D eigenvalue weighted by atomic mass is 10.2. The van der Waals surface area contributed by atoms with Crippen LogP contribution in [0.2, 0.25) is 5.02 Å². The fourth-order valence-corrected chi connectivity index (χ4v) is 1.08. The van der Waals surface area contributed by atoms with E-state index in [1.807, 2.05) is 0 Å². The molecule has 0 aromatic heterocycles. The SMILES string of the molecule is Fc1ccc(Cl)cc1C=CCCl. The molecular weight excluding hydrogens is 198 g/mol. The summed E-state index contributed by atoms with van der Waals surface area (Å²) in [5.41, 5.74) is 0.461. The summed E-state index contributed by atoms with van der Waals surface area (Å²) in [4.78, 5) is 0. The number of halogens is 3. The molecule has 0 saturated carbocycles. The molecule has 0 fully saturated rings. The van der Waals surface area contributed by atoms with Crippen molar-refractivity contribution >= 4 is 29.3 Å². The standard InChI is InChI=1S/C9H7Cl2F/c10-5-1-2-7-6-8(11)3-4-9(7)12/h1-4,6H,5H2. The molecule has 0 saturated heterocycles. The summed E-state index contributed by atoms with van der Waals surface area (Å²) in [6.07, 6.45) is 3.27. The molecule has 3 heteroatoms. The van der Waals surface area contributed by atoms with Gasteiger partial charge in [0.05, 0.1) is 0 Å². The number of alkyl halides is 1.